The van der Waals surface area contributed by atoms with Crippen molar-refractivity contribution in [1.82, 2.24) is 4.90 Å². The average molecular weight is 514 g/mol. The molecule has 1 radical (unpaired) electrons. The normalized spacial score (nSPS) is 9.39. The predicted octanol–water partition coefficient (Wildman–Crippen LogP) is 2.85. The van der Waals surface area contributed by atoms with E-state index in [-0.39, 0.29) is 27.9 Å². The molecule has 1 N–H and O–H groups in total. The number of carboxylic acid groups (broad SMARTS) is 1. The van der Waals surface area contributed by atoms with E-state index in [1.165, 1.54) is 11.6 Å². The van der Waals surface area contributed by atoms with Crippen molar-refractivity contribution in [2.75, 3.05) is 21.2 Å². The first-order valence-electron chi connectivity index (χ1n) is 6.62. The van der Waals surface area contributed by atoms with Crippen LogP contribution in [0.4, 0.5) is 0 Å². The molecule has 0 fully saturated rings. The van der Waals surface area contributed by atoms with Crippen LogP contribution >= 0.6 is 0 Å². The van der Waals surface area contributed by atoms with Crippen LogP contribution in [0.1, 0.15) is 15.9 Å². The van der Waals surface area contributed by atoms with Crippen molar-refractivity contribution in [3.05, 3.63) is 59.7 Å². The summed E-state index contributed by atoms with van der Waals surface area (Å²) in [5, 5.41) is 8.50. The molecule has 23 heavy (non-hydrogen) atoms. The zero-order chi connectivity index (χ0) is 16.5. The molecule has 129 valence electrons. The first kappa shape index (κ1) is 21.6. The summed E-state index contributed by atoms with van der Waals surface area (Å²) in [6, 6.07) is 15.4. The Morgan fingerprint density at radius 1 is 1.26 bits per heavy atom. The van der Waals surface area contributed by atoms with Crippen molar-refractivity contribution in [1.29, 1.82) is 0 Å². The molecule has 0 aliphatic rings. The van der Waals surface area contributed by atoms with E-state index in [2.05, 4.69) is 11.0 Å². The third-order valence-corrected chi connectivity index (χ3v) is 3.04. The number of carboxylic acids is 1. The Labute approximate surface area is 158 Å². The number of aromatic carboxylic acids is 1. The Kier molecular flexibility index (Phi) is 10.5. The summed E-state index contributed by atoms with van der Waals surface area (Å²) in [6.45, 7) is 0.921. The van der Waals surface area contributed by atoms with E-state index >= 15 is 0 Å². The molecule has 2 rings (SSSR count). The van der Waals surface area contributed by atoms with Crippen molar-refractivity contribution in [2.24, 2.45) is 0 Å². The molecular weight excluding hydrogens is 495 g/mol. The molecule has 0 bridgehead atoms. The van der Waals surface area contributed by atoms with Gasteiger partial charge < -0.3 is 27.4 Å². The SMILES string of the molecule is COc1c[c-]c(CN(C)C)cc1.O=C(O)c1ccccc1[S-].[Au]. The molecule has 0 unspecified atom stereocenters. The number of benzene rings is 2. The van der Waals surface area contributed by atoms with Crippen molar-refractivity contribution >= 4 is 18.6 Å². The molecule has 0 atom stereocenters. The van der Waals surface area contributed by atoms with Gasteiger partial charge in [-0.25, -0.2) is 4.79 Å². The van der Waals surface area contributed by atoms with Gasteiger partial charge in [0.25, 0.3) is 0 Å². The van der Waals surface area contributed by atoms with Crippen LogP contribution < -0.4 is 4.74 Å². The molecule has 0 spiro atoms. The number of carbonyl (C=O) groups is 1. The molecular formula is C17H19AuNO3S-2. The van der Waals surface area contributed by atoms with Crippen LogP contribution in [0, 0.1) is 6.07 Å². The van der Waals surface area contributed by atoms with Gasteiger partial charge in [-0.1, -0.05) is 18.2 Å². The summed E-state index contributed by atoms with van der Waals surface area (Å²) in [4.78, 5) is 12.8. The third-order valence-electron chi connectivity index (χ3n) is 2.69. The first-order valence-corrected chi connectivity index (χ1v) is 7.03. The molecule has 0 aromatic heterocycles. The molecule has 0 heterocycles. The molecule has 6 heteroatoms. The van der Waals surface area contributed by atoms with Gasteiger partial charge >= 0.3 is 5.97 Å². The monoisotopic (exact) mass is 514 g/mol. The molecule has 2 aromatic rings. The molecule has 0 amide bonds. The summed E-state index contributed by atoms with van der Waals surface area (Å²) >= 11 is 4.75. The van der Waals surface area contributed by atoms with Gasteiger partial charge in [-0.05, 0) is 20.2 Å². The van der Waals surface area contributed by atoms with E-state index in [9.17, 15) is 4.79 Å². The van der Waals surface area contributed by atoms with Crippen LogP contribution in [0.25, 0.3) is 0 Å². The van der Waals surface area contributed by atoms with Crippen LogP contribution in [-0.4, -0.2) is 37.2 Å². The summed E-state index contributed by atoms with van der Waals surface area (Å²) in [5.41, 5.74) is 1.37. The first-order chi connectivity index (χ1) is 10.4. The number of hydrogen-bond donors (Lipinski definition) is 1. The number of ether oxygens (including phenoxy) is 1. The minimum atomic E-state index is -0.967. The van der Waals surface area contributed by atoms with Crippen molar-refractivity contribution < 1.29 is 37.0 Å². The zero-order valence-electron chi connectivity index (χ0n) is 13.2. The minimum Gasteiger partial charge on any atom is -0.779 e. The second-order valence-electron chi connectivity index (χ2n) is 4.79. The van der Waals surface area contributed by atoms with E-state index < -0.39 is 5.97 Å². The fraction of sp³-hybridized carbons (Fsp3) is 0.235. The Morgan fingerprint density at radius 2 is 1.91 bits per heavy atom. The molecule has 4 nitrogen and oxygen atoms in total. The maximum Gasteiger partial charge on any atom is 0.334 e. The topological polar surface area (TPSA) is 49.8 Å². The van der Waals surface area contributed by atoms with Crippen molar-refractivity contribution in [3.8, 4) is 5.75 Å². The van der Waals surface area contributed by atoms with Gasteiger partial charge in [0, 0.05) is 40.2 Å². The summed E-state index contributed by atoms with van der Waals surface area (Å²) in [7, 11) is 5.74. The fourth-order valence-corrected chi connectivity index (χ4v) is 1.89. The average Bonchev–Trinajstić information content (AvgIpc) is 2.48. The van der Waals surface area contributed by atoms with E-state index in [0.717, 1.165) is 12.3 Å². The number of methoxy groups -OCH3 is 1. The largest absolute Gasteiger partial charge is 0.779 e. The maximum absolute atomic E-state index is 10.4. The predicted molar refractivity (Wildman–Crippen MR) is 88.3 cm³/mol. The smallest absolute Gasteiger partial charge is 0.334 e. The third kappa shape index (κ3) is 8.16. The van der Waals surface area contributed by atoms with Crippen LogP contribution in [0.15, 0.2) is 47.4 Å². The van der Waals surface area contributed by atoms with Gasteiger partial charge in [0.05, 0.1) is 7.11 Å². The molecule has 0 aliphatic carbocycles. The molecule has 2 aromatic carbocycles. The van der Waals surface area contributed by atoms with E-state index in [1.54, 1.807) is 25.3 Å². The summed E-state index contributed by atoms with van der Waals surface area (Å²) in [6.07, 6.45) is 0. The second-order valence-corrected chi connectivity index (χ2v) is 5.23. The van der Waals surface area contributed by atoms with Gasteiger partial charge in [0.1, 0.15) is 0 Å². The Bertz CT molecular complexity index is 603. The van der Waals surface area contributed by atoms with E-state index in [4.69, 9.17) is 22.5 Å². The second kappa shape index (κ2) is 11.2. The Balaban J connectivity index is 0.000000409. The molecule has 0 saturated heterocycles. The number of hydrogen-bond acceptors (Lipinski definition) is 4. The summed E-state index contributed by atoms with van der Waals surface area (Å²) < 4.78 is 5.03. The van der Waals surface area contributed by atoms with Crippen LogP contribution in [-0.2, 0) is 41.6 Å². The number of rotatable bonds is 4. The van der Waals surface area contributed by atoms with Crippen LogP contribution in [0.2, 0.25) is 0 Å². The van der Waals surface area contributed by atoms with E-state index in [1.807, 2.05) is 32.3 Å². The molecule has 0 saturated carbocycles. The maximum atomic E-state index is 10.4. The van der Waals surface area contributed by atoms with E-state index in [0.29, 0.717) is 4.90 Å². The van der Waals surface area contributed by atoms with Gasteiger partial charge in [0.2, 0.25) is 0 Å². The van der Waals surface area contributed by atoms with Gasteiger partial charge in [-0.3, -0.25) is 0 Å². The van der Waals surface area contributed by atoms with Crippen LogP contribution in [0.3, 0.4) is 0 Å². The fourth-order valence-electron chi connectivity index (χ4n) is 1.65. The Hall–Kier alpha value is -1.37. The van der Waals surface area contributed by atoms with Crippen molar-refractivity contribution in [2.45, 2.75) is 11.4 Å². The zero-order valence-corrected chi connectivity index (χ0v) is 16.2. The molecule has 0 aliphatic heterocycles. The van der Waals surface area contributed by atoms with Gasteiger partial charge in [0.15, 0.2) is 0 Å². The van der Waals surface area contributed by atoms with Gasteiger partial charge in [-0.2, -0.15) is 17.0 Å². The standard InChI is InChI=1S/C10H14NO.C7H6O2S.Au/c1-11(2)8-9-4-6-10(12-3)7-5-9;8-7(9)5-3-1-2-4-6(5)10;/h4,6-7H,8H2,1-3H3;1-4,10H,(H,8,9);/q-1;;/p-1. The van der Waals surface area contributed by atoms with Gasteiger partial charge in [-0.15, -0.1) is 17.7 Å². The van der Waals surface area contributed by atoms with Crippen LogP contribution in [0.5, 0.6) is 5.75 Å². The minimum absolute atomic E-state index is 0. The Morgan fingerprint density at radius 3 is 2.30 bits per heavy atom. The quantitative estimate of drug-likeness (QED) is 0.387. The number of nitrogens with zero attached hydrogens (tertiary/aromatic N) is 1. The summed E-state index contributed by atoms with van der Waals surface area (Å²) in [5.74, 6) is -0.108. The van der Waals surface area contributed by atoms with Crippen molar-refractivity contribution in [3.63, 3.8) is 0 Å².